The summed E-state index contributed by atoms with van der Waals surface area (Å²) < 4.78 is 0. The maximum Gasteiger partial charge on any atom is 0.0459 e. The Morgan fingerprint density at radius 2 is 1.54 bits per heavy atom. The van der Waals surface area contributed by atoms with Gasteiger partial charge in [-0.3, -0.25) is 0 Å². The summed E-state index contributed by atoms with van der Waals surface area (Å²) >= 11 is 6.06. The third-order valence-corrected chi connectivity index (χ3v) is 5.23. The van der Waals surface area contributed by atoms with Gasteiger partial charge in [0.2, 0.25) is 0 Å². The number of halogens is 1. The largest absolute Gasteiger partial charge is 0.315 e. The van der Waals surface area contributed by atoms with E-state index in [1.165, 1.54) is 38.5 Å². The minimum absolute atomic E-state index is 0.763. The average Bonchev–Trinajstić information content (AvgIpc) is 2.64. The van der Waals surface area contributed by atoms with Gasteiger partial charge in [-0.15, -0.1) is 0 Å². The summed E-state index contributed by atoms with van der Waals surface area (Å²) in [7, 11) is 0. The van der Waals surface area contributed by atoms with Gasteiger partial charge in [-0.2, -0.15) is 0 Å². The summed E-state index contributed by atoms with van der Waals surface area (Å²) in [5, 5.41) is 0.763. The van der Waals surface area contributed by atoms with Crippen LogP contribution in [0.1, 0.15) is 44.9 Å². The molecule has 0 atom stereocenters. The lowest BCUT2D eigenvalue weighted by molar-refractivity contribution is 0.339. The molecule has 0 bridgehead atoms. The van der Waals surface area contributed by atoms with Crippen LogP contribution in [0, 0.1) is 5.92 Å². The molecule has 1 saturated carbocycles. The molecule has 126 valence electrons. The Morgan fingerprint density at radius 3 is 2.21 bits per heavy atom. The van der Waals surface area contributed by atoms with E-state index in [4.69, 9.17) is 11.6 Å². The fourth-order valence-corrected chi connectivity index (χ4v) is 3.77. The summed E-state index contributed by atoms with van der Waals surface area (Å²) in [4.78, 5) is 2.26. The zero-order valence-electron chi connectivity index (χ0n) is 14.3. The lowest BCUT2D eigenvalue weighted by atomic mass is 9.86. The summed E-state index contributed by atoms with van der Waals surface area (Å²) in [6.07, 6.45) is 9.28. The Labute approximate surface area is 151 Å². The van der Waals surface area contributed by atoms with E-state index in [0.29, 0.717) is 0 Å². The highest BCUT2D eigenvalue weighted by atomic mass is 35.5. The van der Waals surface area contributed by atoms with Gasteiger partial charge in [-0.25, -0.2) is 0 Å². The van der Waals surface area contributed by atoms with Crippen LogP contribution >= 0.6 is 11.6 Å². The lowest BCUT2D eigenvalue weighted by Crippen LogP contribution is -2.17. The van der Waals surface area contributed by atoms with Crippen molar-refractivity contribution >= 4 is 23.0 Å². The second-order valence-corrected chi connectivity index (χ2v) is 7.19. The van der Waals surface area contributed by atoms with Crippen LogP contribution in [0.3, 0.4) is 0 Å². The molecule has 2 heteroatoms. The Morgan fingerprint density at radius 1 is 0.917 bits per heavy atom. The average molecular weight is 340 g/mol. The van der Waals surface area contributed by atoms with Crippen molar-refractivity contribution < 1.29 is 0 Å². The topological polar surface area (TPSA) is 3.24 Å². The second kappa shape index (κ2) is 8.39. The second-order valence-electron chi connectivity index (χ2n) is 6.76. The maximum atomic E-state index is 6.06. The van der Waals surface area contributed by atoms with Crippen molar-refractivity contribution in [3.05, 3.63) is 71.9 Å². The molecule has 0 heterocycles. The van der Waals surface area contributed by atoms with Crippen LogP contribution in [0.25, 0.3) is 0 Å². The first-order valence-electron chi connectivity index (χ1n) is 9.02. The molecule has 0 N–H and O–H groups in total. The number of allylic oxidation sites excluding steroid dienone is 1. The van der Waals surface area contributed by atoms with Crippen molar-refractivity contribution in [3.8, 4) is 0 Å². The minimum atomic E-state index is 0.763. The maximum absolute atomic E-state index is 6.06. The van der Waals surface area contributed by atoms with Gasteiger partial charge >= 0.3 is 0 Å². The molecular formula is C22H26ClN. The van der Waals surface area contributed by atoms with E-state index in [9.17, 15) is 0 Å². The van der Waals surface area contributed by atoms with Crippen LogP contribution in [0.4, 0.5) is 11.4 Å². The van der Waals surface area contributed by atoms with E-state index in [-0.39, 0.29) is 0 Å². The van der Waals surface area contributed by atoms with Crippen LogP contribution in [-0.2, 0) is 0 Å². The zero-order chi connectivity index (χ0) is 16.8. The standard InChI is InChI=1S/C22H26ClN/c1-18(12-13-19-8-4-2-5-9-19)24(21-10-6-3-7-11-21)22-16-14-20(23)15-17-22/h3,6-7,10-11,14-17,19H,1-2,4-5,8-9,12-13H2. The first-order valence-corrected chi connectivity index (χ1v) is 9.40. The van der Waals surface area contributed by atoms with Crippen molar-refractivity contribution in [2.75, 3.05) is 4.90 Å². The number of hydrogen-bond donors (Lipinski definition) is 0. The number of rotatable bonds is 6. The first kappa shape index (κ1) is 17.1. The van der Waals surface area contributed by atoms with E-state index in [1.807, 2.05) is 18.2 Å². The minimum Gasteiger partial charge on any atom is -0.315 e. The number of benzene rings is 2. The summed E-state index contributed by atoms with van der Waals surface area (Å²) in [6.45, 7) is 4.41. The number of anilines is 2. The highest BCUT2D eigenvalue weighted by Crippen LogP contribution is 2.34. The Balaban J connectivity index is 1.76. The van der Waals surface area contributed by atoms with Crippen molar-refractivity contribution in [1.29, 1.82) is 0 Å². The fraction of sp³-hybridized carbons (Fsp3) is 0.364. The van der Waals surface area contributed by atoms with Crippen molar-refractivity contribution in [3.63, 3.8) is 0 Å². The molecule has 0 aliphatic heterocycles. The van der Waals surface area contributed by atoms with Gasteiger partial charge in [-0.05, 0) is 55.2 Å². The number of para-hydroxylation sites is 1. The van der Waals surface area contributed by atoms with Crippen LogP contribution in [0.15, 0.2) is 66.9 Å². The van der Waals surface area contributed by atoms with E-state index in [1.54, 1.807) is 0 Å². The molecule has 2 aromatic carbocycles. The van der Waals surface area contributed by atoms with Crippen LogP contribution < -0.4 is 4.90 Å². The predicted octanol–water partition coefficient (Wildman–Crippen LogP) is 7.35. The molecule has 0 spiro atoms. The lowest BCUT2D eigenvalue weighted by Gasteiger charge is -2.29. The molecule has 1 fully saturated rings. The van der Waals surface area contributed by atoms with E-state index in [0.717, 1.165) is 34.4 Å². The van der Waals surface area contributed by atoms with Crippen LogP contribution in [-0.4, -0.2) is 0 Å². The molecule has 1 aliphatic rings. The van der Waals surface area contributed by atoms with Crippen molar-refractivity contribution in [2.45, 2.75) is 44.9 Å². The Hall–Kier alpha value is -1.73. The van der Waals surface area contributed by atoms with Crippen molar-refractivity contribution in [2.24, 2.45) is 5.92 Å². The first-order chi connectivity index (χ1) is 11.7. The van der Waals surface area contributed by atoms with Gasteiger partial charge in [0.15, 0.2) is 0 Å². The summed E-state index contributed by atoms with van der Waals surface area (Å²) in [6, 6.07) is 18.5. The van der Waals surface area contributed by atoms with Gasteiger partial charge in [0.05, 0.1) is 0 Å². The van der Waals surface area contributed by atoms with E-state index >= 15 is 0 Å². The van der Waals surface area contributed by atoms with Crippen molar-refractivity contribution in [1.82, 2.24) is 0 Å². The molecule has 0 radical (unpaired) electrons. The molecular weight excluding hydrogens is 314 g/mol. The molecule has 24 heavy (non-hydrogen) atoms. The highest BCUT2D eigenvalue weighted by molar-refractivity contribution is 6.30. The monoisotopic (exact) mass is 339 g/mol. The van der Waals surface area contributed by atoms with Crippen LogP contribution in [0.2, 0.25) is 5.02 Å². The third kappa shape index (κ3) is 4.42. The molecule has 0 aromatic heterocycles. The molecule has 0 saturated heterocycles. The Bertz CT molecular complexity index is 641. The predicted molar refractivity (Wildman–Crippen MR) is 105 cm³/mol. The molecule has 1 aliphatic carbocycles. The summed E-state index contributed by atoms with van der Waals surface area (Å²) in [5.74, 6) is 0.873. The Kier molecular flexibility index (Phi) is 5.98. The molecule has 2 aromatic rings. The SMILES string of the molecule is C=C(CCC1CCCCC1)N(c1ccccc1)c1ccc(Cl)cc1. The fourth-order valence-electron chi connectivity index (χ4n) is 3.64. The van der Waals surface area contributed by atoms with Gasteiger partial charge in [0.1, 0.15) is 0 Å². The zero-order valence-corrected chi connectivity index (χ0v) is 15.0. The molecule has 0 unspecified atom stereocenters. The van der Waals surface area contributed by atoms with E-state index < -0.39 is 0 Å². The molecule has 1 nitrogen and oxygen atoms in total. The smallest absolute Gasteiger partial charge is 0.0459 e. The van der Waals surface area contributed by atoms with Gasteiger partial charge in [-0.1, -0.05) is 68.5 Å². The normalized spacial score (nSPS) is 15.2. The summed E-state index contributed by atoms with van der Waals surface area (Å²) in [5.41, 5.74) is 3.45. The number of hydrogen-bond acceptors (Lipinski definition) is 1. The quantitative estimate of drug-likeness (QED) is 0.531. The van der Waals surface area contributed by atoms with Gasteiger partial charge in [0.25, 0.3) is 0 Å². The number of nitrogens with zero attached hydrogens (tertiary/aromatic N) is 1. The third-order valence-electron chi connectivity index (χ3n) is 4.98. The molecule has 3 rings (SSSR count). The van der Waals surface area contributed by atoms with Gasteiger partial charge in [0, 0.05) is 22.1 Å². The van der Waals surface area contributed by atoms with Gasteiger partial charge < -0.3 is 4.90 Å². The highest BCUT2D eigenvalue weighted by Gasteiger charge is 2.17. The molecule has 0 amide bonds. The van der Waals surface area contributed by atoms with E-state index in [2.05, 4.69) is 47.9 Å². The van der Waals surface area contributed by atoms with Crippen LogP contribution in [0.5, 0.6) is 0 Å².